The van der Waals surface area contributed by atoms with Gasteiger partial charge in [-0.2, -0.15) is 0 Å². The Labute approximate surface area is 121 Å². The Morgan fingerprint density at radius 1 is 1.14 bits per heavy atom. The van der Waals surface area contributed by atoms with Crippen molar-refractivity contribution in [3.05, 3.63) is 71.5 Å². The highest BCUT2D eigenvalue weighted by molar-refractivity contribution is 6.07. The molecule has 0 atom stereocenters. The van der Waals surface area contributed by atoms with Crippen molar-refractivity contribution in [3.63, 3.8) is 0 Å². The zero-order valence-electron chi connectivity index (χ0n) is 11.4. The smallest absolute Gasteiger partial charge is 0.214 e. The molecule has 0 aliphatic rings. The van der Waals surface area contributed by atoms with Crippen molar-refractivity contribution in [1.82, 2.24) is 15.0 Å². The summed E-state index contributed by atoms with van der Waals surface area (Å²) in [6, 6.07) is 14.1. The largest absolute Gasteiger partial charge is 0.506 e. The Morgan fingerprint density at radius 2 is 1.90 bits per heavy atom. The maximum Gasteiger partial charge on any atom is 0.214 e. The molecule has 0 aliphatic carbocycles. The second kappa shape index (κ2) is 5.20. The summed E-state index contributed by atoms with van der Waals surface area (Å²) in [4.78, 5) is 12.3. The van der Waals surface area contributed by atoms with Crippen molar-refractivity contribution in [2.45, 2.75) is 6.92 Å². The molecule has 5 heteroatoms. The first kappa shape index (κ1) is 13.1. The lowest BCUT2D eigenvalue weighted by Gasteiger charge is -2.04. The first-order valence-corrected chi connectivity index (χ1v) is 6.47. The third-order valence-corrected chi connectivity index (χ3v) is 3.14. The average molecular weight is 279 g/mol. The van der Waals surface area contributed by atoms with Gasteiger partial charge >= 0.3 is 0 Å². The maximum absolute atomic E-state index is 12.3. The summed E-state index contributed by atoms with van der Waals surface area (Å²) in [5.74, 6) is -0.113. The van der Waals surface area contributed by atoms with Crippen LogP contribution in [0.2, 0.25) is 0 Å². The van der Waals surface area contributed by atoms with Crippen LogP contribution in [0.1, 0.15) is 21.6 Å². The number of hydrogen-bond donors (Lipinski definition) is 1. The number of phenolic OH excluding ortho intramolecular Hbond substituents is 1. The van der Waals surface area contributed by atoms with Gasteiger partial charge in [0.25, 0.3) is 0 Å². The highest BCUT2D eigenvalue weighted by Crippen LogP contribution is 2.22. The van der Waals surface area contributed by atoms with Crippen LogP contribution in [0, 0.1) is 6.92 Å². The van der Waals surface area contributed by atoms with E-state index in [9.17, 15) is 9.90 Å². The molecule has 1 N–H and O–H groups in total. The molecule has 0 aliphatic heterocycles. The van der Waals surface area contributed by atoms with Gasteiger partial charge in [0, 0.05) is 5.56 Å². The van der Waals surface area contributed by atoms with Crippen molar-refractivity contribution < 1.29 is 9.90 Å². The molecule has 5 nitrogen and oxygen atoms in total. The summed E-state index contributed by atoms with van der Waals surface area (Å²) >= 11 is 0. The normalized spacial score (nSPS) is 10.5. The van der Waals surface area contributed by atoms with Gasteiger partial charge in [0.1, 0.15) is 11.4 Å². The number of benzene rings is 2. The summed E-state index contributed by atoms with van der Waals surface area (Å²) in [6.07, 6.45) is 1.52. The van der Waals surface area contributed by atoms with Gasteiger partial charge in [-0.25, -0.2) is 4.68 Å². The molecule has 1 aromatic heterocycles. The molecule has 1 heterocycles. The van der Waals surface area contributed by atoms with Crippen LogP contribution in [-0.2, 0) is 0 Å². The van der Waals surface area contributed by atoms with E-state index in [1.54, 1.807) is 42.5 Å². The van der Waals surface area contributed by atoms with E-state index in [-0.39, 0.29) is 17.2 Å². The minimum absolute atomic E-state index is 0.0872. The molecule has 21 heavy (non-hydrogen) atoms. The second-order valence-corrected chi connectivity index (χ2v) is 4.74. The van der Waals surface area contributed by atoms with E-state index in [2.05, 4.69) is 10.3 Å². The molecular formula is C16H13N3O2. The number of hydrogen-bond acceptors (Lipinski definition) is 4. The first-order valence-electron chi connectivity index (χ1n) is 6.47. The maximum atomic E-state index is 12.3. The Kier molecular flexibility index (Phi) is 3.23. The SMILES string of the molecule is Cc1ccc(O)c(-n2cc(C(=O)c3ccccc3)nn2)c1. The highest BCUT2D eigenvalue weighted by Gasteiger charge is 2.14. The molecule has 3 rings (SSSR count). The Morgan fingerprint density at radius 3 is 2.67 bits per heavy atom. The van der Waals surface area contributed by atoms with Crippen LogP contribution in [0.3, 0.4) is 0 Å². The second-order valence-electron chi connectivity index (χ2n) is 4.74. The highest BCUT2D eigenvalue weighted by atomic mass is 16.3. The molecule has 0 saturated carbocycles. The Bertz CT molecular complexity index is 794. The van der Waals surface area contributed by atoms with Crippen molar-refractivity contribution in [3.8, 4) is 11.4 Å². The number of carbonyl (C=O) groups is 1. The fourth-order valence-corrected chi connectivity index (χ4v) is 2.04. The van der Waals surface area contributed by atoms with Crippen molar-refractivity contribution in [2.75, 3.05) is 0 Å². The van der Waals surface area contributed by atoms with Crippen LogP contribution < -0.4 is 0 Å². The number of aromatic nitrogens is 3. The van der Waals surface area contributed by atoms with Crippen molar-refractivity contribution in [1.29, 1.82) is 0 Å². The average Bonchev–Trinajstić information content (AvgIpc) is 2.99. The lowest BCUT2D eigenvalue weighted by atomic mass is 10.1. The lowest BCUT2D eigenvalue weighted by molar-refractivity contribution is 0.103. The summed E-state index contributed by atoms with van der Waals surface area (Å²) in [5, 5.41) is 17.7. The van der Waals surface area contributed by atoms with Crippen molar-refractivity contribution in [2.24, 2.45) is 0 Å². The molecule has 104 valence electrons. The molecule has 0 radical (unpaired) electrons. The van der Waals surface area contributed by atoms with Crippen LogP contribution in [0.15, 0.2) is 54.7 Å². The Balaban J connectivity index is 1.97. The van der Waals surface area contributed by atoms with Gasteiger partial charge in [-0.15, -0.1) is 5.10 Å². The number of nitrogens with zero attached hydrogens (tertiary/aromatic N) is 3. The van der Waals surface area contributed by atoms with Gasteiger partial charge in [-0.05, 0) is 24.6 Å². The minimum Gasteiger partial charge on any atom is -0.506 e. The van der Waals surface area contributed by atoms with Crippen molar-refractivity contribution >= 4 is 5.78 Å². The van der Waals surface area contributed by atoms with E-state index >= 15 is 0 Å². The number of carbonyl (C=O) groups excluding carboxylic acids is 1. The molecule has 2 aromatic carbocycles. The number of phenols is 1. The standard InChI is InChI=1S/C16H13N3O2/c1-11-7-8-15(20)14(9-11)19-10-13(17-18-19)16(21)12-5-3-2-4-6-12/h2-10,20H,1H3. The summed E-state index contributed by atoms with van der Waals surface area (Å²) < 4.78 is 1.40. The third kappa shape index (κ3) is 2.53. The van der Waals surface area contributed by atoms with Gasteiger partial charge in [0.15, 0.2) is 5.69 Å². The minimum atomic E-state index is -0.200. The summed E-state index contributed by atoms with van der Waals surface area (Å²) in [7, 11) is 0. The zero-order chi connectivity index (χ0) is 14.8. The molecule has 0 spiro atoms. The number of rotatable bonds is 3. The lowest BCUT2D eigenvalue weighted by Crippen LogP contribution is -2.01. The van der Waals surface area contributed by atoms with E-state index in [0.717, 1.165) is 5.56 Å². The number of ketones is 1. The molecule has 0 fully saturated rings. The van der Waals surface area contributed by atoms with Crippen LogP contribution >= 0.6 is 0 Å². The monoisotopic (exact) mass is 279 g/mol. The van der Waals surface area contributed by atoms with E-state index in [1.807, 2.05) is 13.0 Å². The van der Waals surface area contributed by atoms with E-state index in [0.29, 0.717) is 11.3 Å². The number of aromatic hydroxyl groups is 1. The van der Waals surface area contributed by atoms with Gasteiger partial charge < -0.3 is 5.11 Å². The van der Waals surface area contributed by atoms with E-state index < -0.39 is 0 Å². The topological polar surface area (TPSA) is 68.0 Å². The van der Waals surface area contributed by atoms with E-state index in [1.165, 1.54) is 10.9 Å². The van der Waals surface area contributed by atoms with Gasteiger partial charge in [-0.1, -0.05) is 41.6 Å². The summed E-state index contributed by atoms with van der Waals surface area (Å²) in [5.41, 5.74) is 2.27. The molecule has 0 bridgehead atoms. The fraction of sp³-hybridized carbons (Fsp3) is 0.0625. The van der Waals surface area contributed by atoms with Crippen LogP contribution in [0.5, 0.6) is 5.75 Å². The molecule has 0 amide bonds. The zero-order valence-corrected chi connectivity index (χ0v) is 11.4. The molecular weight excluding hydrogens is 266 g/mol. The molecule has 0 saturated heterocycles. The summed E-state index contributed by atoms with van der Waals surface area (Å²) in [6.45, 7) is 1.91. The molecule has 3 aromatic rings. The van der Waals surface area contributed by atoms with Gasteiger partial charge in [-0.3, -0.25) is 4.79 Å². The Hall–Kier alpha value is -2.95. The van der Waals surface area contributed by atoms with Gasteiger partial charge in [0.2, 0.25) is 5.78 Å². The fourth-order valence-electron chi connectivity index (χ4n) is 2.04. The quantitative estimate of drug-likeness (QED) is 0.748. The van der Waals surface area contributed by atoms with E-state index in [4.69, 9.17) is 0 Å². The van der Waals surface area contributed by atoms with Gasteiger partial charge in [0.05, 0.1) is 6.20 Å². The van der Waals surface area contributed by atoms with Crippen LogP contribution in [0.25, 0.3) is 5.69 Å². The van der Waals surface area contributed by atoms with Crippen LogP contribution in [-0.4, -0.2) is 25.9 Å². The molecule has 0 unspecified atom stereocenters. The number of aryl methyl sites for hydroxylation is 1. The van der Waals surface area contributed by atoms with Crippen LogP contribution in [0.4, 0.5) is 0 Å². The predicted molar refractivity (Wildman–Crippen MR) is 77.6 cm³/mol. The first-order chi connectivity index (χ1) is 10.1. The third-order valence-electron chi connectivity index (χ3n) is 3.14. The predicted octanol–water partition coefficient (Wildman–Crippen LogP) is 2.51.